The number of amides is 2. The molecule has 9 nitrogen and oxygen atoms in total. The zero-order valence-corrected chi connectivity index (χ0v) is 22.1. The molecule has 1 unspecified atom stereocenters. The van der Waals surface area contributed by atoms with Crippen molar-refractivity contribution in [1.82, 2.24) is 10.2 Å². The Hall–Kier alpha value is -3.27. The maximum absolute atomic E-state index is 13.6. The first-order valence-electron chi connectivity index (χ1n) is 12.0. The third-order valence-corrected chi connectivity index (χ3v) is 7.52. The van der Waals surface area contributed by atoms with Gasteiger partial charge in [0, 0.05) is 18.7 Å². The molecule has 1 aliphatic carbocycles. The molecule has 10 heteroatoms. The highest BCUT2D eigenvalue weighted by Gasteiger charge is 2.31. The number of ether oxygens (including phenoxy) is 2. The summed E-state index contributed by atoms with van der Waals surface area (Å²) in [4.78, 5) is 28.2. The molecule has 3 rings (SSSR count). The number of hydrogen-bond acceptors (Lipinski definition) is 6. The third-order valence-electron chi connectivity index (χ3n) is 6.38. The average Bonchev–Trinajstić information content (AvgIpc) is 3.37. The van der Waals surface area contributed by atoms with E-state index in [1.54, 1.807) is 56.5 Å². The fourth-order valence-corrected chi connectivity index (χ4v) is 5.16. The lowest BCUT2D eigenvalue weighted by Gasteiger charge is -2.32. The predicted octanol–water partition coefficient (Wildman–Crippen LogP) is 2.95. The first-order chi connectivity index (χ1) is 17.1. The molecule has 2 aromatic carbocycles. The van der Waals surface area contributed by atoms with Crippen LogP contribution in [0, 0.1) is 0 Å². The van der Waals surface area contributed by atoms with E-state index in [-0.39, 0.29) is 18.5 Å². The second-order valence-electron chi connectivity index (χ2n) is 9.01. The molecule has 0 heterocycles. The summed E-state index contributed by atoms with van der Waals surface area (Å²) in [5.74, 6) is 0.328. The number of nitrogens with zero attached hydrogens (tertiary/aromatic N) is 2. The van der Waals surface area contributed by atoms with Crippen LogP contribution in [0.15, 0.2) is 48.5 Å². The Morgan fingerprint density at radius 1 is 1.03 bits per heavy atom. The molecule has 2 aromatic rings. The van der Waals surface area contributed by atoms with E-state index in [4.69, 9.17) is 9.47 Å². The Morgan fingerprint density at radius 3 is 2.25 bits per heavy atom. The molecule has 2 amide bonds. The Morgan fingerprint density at radius 2 is 1.64 bits per heavy atom. The minimum atomic E-state index is -3.81. The summed E-state index contributed by atoms with van der Waals surface area (Å²) in [6, 6.07) is 13.0. The van der Waals surface area contributed by atoms with Gasteiger partial charge in [0.2, 0.25) is 21.8 Å². The molecule has 196 valence electrons. The monoisotopic (exact) mass is 517 g/mol. The third kappa shape index (κ3) is 7.13. The van der Waals surface area contributed by atoms with E-state index in [1.165, 1.54) is 12.0 Å². The van der Waals surface area contributed by atoms with Crippen LogP contribution in [-0.2, 0) is 26.2 Å². The van der Waals surface area contributed by atoms with Crippen molar-refractivity contribution in [1.29, 1.82) is 0 Å². The van der Waals surface area contributed by atoms with Crippen LogP contribution >= 0.6 is 0 Å². The highest BCUT2D eigenvalue weighted by molar-refractivity contribution is 7.92. The van der Waals surface area contributed by atoms with Gasteiger partial charge in [-0.2, -0.15) is 0 Å². The second kappa shape index (κ2) is 12.1. The lowest BCUT2D eigenvalue weighted by molar-refractivity contribution is -0.139. The van der Waals surface area contributed by atoms with Gasteiger partial charge in [-0.1, -0.05) is 31.0 Å². The number of nitrogens with one attached hydrogen (secondary N) is 1. The van der Waals surface area contributed by atoms with E-state index >= 15 is 0 Å². The van der Waals surface area contributed by atoms with Crippen molar-refractivity contribution in [3.05, 3.63) is 54.1 Å². The largest absolute Gasteiger partial charge is 0.497 e. The van der Waals surface area contributed by atoms with Gasteiger partial charge < -0.3 is 19.7 Å². The normalized spacial score (nSPS) is 14.7. The molecular formula is C26H35N3O6S. The van der Waals surface area contributed by atoms with E-state index in [0.29, 0.717) is 17.2 Å². The Labute approximate surface area is 213 Å². The van der Waals surface area contributed by atoms with Crippen molar-refractivity contribution in [2.24, 2.45) is 0 Å². The summed E-state index contributed by atoms with van der Waals surface area (Å²) in [7, 11) is -0.775. The van der Waals surface area contributed by atoms with Crippen LogP contribution < -0.4 is 19.1 Å². The van der Waals surface area contributed by atoms with Crippen LogP contribution in [0.5, 0.6) is 11.5 Å². The number of sulfonamides is 1. The molecule has 0 spiro atoms. The molecule has 1 fully saturated rings. The van der Waals surface area contributed by atoms with Crippen molar-refractivity contribution >= 4 is 27.5 Å². The summed E-state index contributed by atoms with van der Waals surface area (Å²) in [5.41, 5.74) is 1.06. The summed E-state index contributed by atoms with van der Waals surface area (Å²) in [6.07, 6.45) is 5.01. The number of hydrogen-bond donors (Lipinski definition) is 1. The van der Waals surface area contributed by atoms with E-state index in [2.05, 4.69) is 5.32 Å². The maximum Gasteiger partial charge on any atom is 0.244 e. The highest BCUT2D eigenvalue weighted by Crippen LogP contribution is 2.24. The fraction of sp³-hybridized carbons (Fsp3) is 0.462. The number of benzene rings is 2. The van der Waals surface area contributed by atoms with Gasteiger partial charge in [-0.25, -0.2) is 8.42 Å². The molecule has 1 saturated carbocycles. The van der Waals surface area contributed by atoms with Gasteiger partial charge in [-0.15, -0.1) is 0 Å². The molecule has 1 aliphatic rings. The molecule has 36 heavy (non-hydrogen) atoms. The van der Waals surface area contributed by atoms with E-state index < -0.39 is 28.5 Å². The molecule has 1 N–H and O–H groups in total. The first kappa shape index (κ1) is 27.3. The zero-order chi connectivity index (χ0) is 26.3. The number of rotatable bonds is 11. The van der Waals surface area contributed by atoms with Crippen molar-refractivity contribution in [3.63, 3.8) is 0 Å². The lowest BCUT2D eigenvalue weighted by atomic mass is 10.1. The topological polar surface area (TPSA) is 105 Å². The molecule has 1 atom stereocenters. The van der Waals surface area contributed by atoms with Gasteiger partial charge in [0.05, 0.1) is 26.2 Å². The molecule has 0 bridgehead atoms. The minimum Gasteiger partial charge on any atom is -0.497 e. The van der Waals surface area contributed by atoms with Gasteiger partial charge in [-0.05, 0) is 49.6 Å². The van der Waals surface area contributed by atoms with E-state index in [1.807, 2.05) is 6.07 Å². The van der Waals surface area contributed by atoms with Gasteiger partial charge in [0.25, 0.3) is 0 Å². The van der Waals surface area contributed by atoms with Crippen molar-refractivity contribution in [3.8, 4) is 11.5 Å². The van der Waals surface area contributed by atoms with Crippen LogP contribution in [0.4, 0.5) is 5.69 Å². The zero-order valence-electron chi connectivity index (χ0n) is 21.3. The predicted molar refractivity (Wildman–Crippen MR) is 139 cm³/mol. The quantitative estimate of drug-likeness (QED) is 0.491. The van der Waals surface area contributed by atoms with E-state index in [9.17, 15) is 18.0 Å². The minimum absolute atomic E-state index is 0.0954. The Kier molecular flexibility index (Phi) is 9.19. The summed E-state index contributed by atoms with van der Waals surface area (Å²) < 4.78 is 36.9. The number of anilines is 1. The van der Waals surface area contributed by atoms with E-state index in [0.717, 1.165) is 41.8 Å². The van der Waals surface area contributed by atoms with Gasteiger partial charge in [0.1, 0.15) is 24.1 Å². The smallest absolute Gasteiger partial charge is 0.244 e. The highest BCUT2D eigenvalue weighted by atomic mass is 32.2. The van der Waals surface area contributed by atoms with Gasteiger partial charge in [0.15, 0.2) is 0 Å². The second-order valence-corrected chi connectivity index (χ2v) is 10.9. The summed E-state index contributed by atoms with van der Waals surface area (Å²) in [5, 5.41) is 3.05. The Bertz CT molecular complexity index is 1160. The molecule has 0 saturated heterocycles. The number of carbonyl (C=O) groups excluding carboxylic acids is 2. The summed E-state index contributed by atoms with van der Waals surface area (Å²) >= 11 is 0. The summed E-state index contributed by atoms with van der Waals surface area (Å²) in [6.45, 7) is 1.32. The first-order valence-corrected chi connectivity index (χ1v) is 13.8. The Balaban J connectivity index is 1.90. The number of methoxy groups -OCH3 is 2. The van der Waals surface area contributed by atoms with Crippen LogP contribution in [0.25, 0.3) is 0 Å². The molecule has 0 radical (unpaired) electrons. The lowest BCUT2D eigenvalue weighted by Crippen LogP contribution is -2.52. The van der Waals surface area contributed by atoms with Crippen LogP contribution in [0.3, 0.4) is 0 Å². The standard InChI is InChI=1S/C26H35N3O6S/c1-19(26(31)27-21-10-5-6-11-21)28(17-20-9-7-13-23(15-20)34-2)25(30)18-29(36(4,32)33)22-12-8-14-24(16-22)35-3/h7-9,12-16,19,21H,5-6,10-11,17-18H2,1-4H3,(H,27,31). The number of carbonyl (C=O) groups is 2. The van der Waals surface area contributed by atoms with Crippen molar-refractivity contribution < 1.29 is 27.5 Å². The average molecular weight is 518 g/mol. The molecule has 0 aromatic heterocycles. The SMILES string of the molecule is COc1cccc(CN(C(=O)CN(c2cccc(OC)c2)S(C)(=O)=O)C(C)C(=O)NC2CCCC2)c1. The van der Waals surface area contributed by atoms with Gasteiger partial charge in [-0.3, -0.25) is 13.9 Å². The molecule has 0 aliphatic heterocycles. The van der Waals surface area contributed by atoms with Gasteiger partial charge >= 0.3 is 0 Å². The fourth-order valence-electron chi connectivity index (χ4n) is 4.32. The maximum atomic E-state index is 13.6. The van der Waals surface area contributed by atoms with Crippen LogP contribution in [0.2, 0.25) is 0 Å². The molecular weight excluding hydrogens is 482 g/mol. The van der Waals surface area contributed by atoms with Crippen LogP contribution in [0.1, 0.15) is 38.2 Å². The van der Waals surface area contributed by atoms with Crippen molar-refractivity contribution in [2.45, 2.75) is 51.2 Å². The van der Waals surface area contributed by atoms with Crippen molar-refractivity contribution in [2.75, 3.05) is 31.3 Å². The van der Waals surface area contributed by atoms with Crippen LogP contribution in [-0.4, -0.2) is 64.2 Å².